The molecule has 11 rings (SSSR count). The molecule has 6 aliphatic rings. The van der Waals surface area contributed by atoms with Crippen LogP contribution in [0.3, 0.4) is 0 Å². The molecule has 0 spiro atoms. The molecule has 0 bridgehead atoms. The minimum absolute atomic E-state index is 0.0966. The lowest BCUT2D eigenvalue weighted by molar-refractivity contribution is -0.161. The number of hydrogen-bond donors (Lipinski definition) is 4. The highest BCUT2D eigenvalue weighted by Crippen LogP contribution is 2.43. The monoisotopic (exact) mass is 1090 g/mol. The molecule has 5 aliphatic heterocycles. The molecule has 3 saturated heterocycles. The Hall–Kier alpha value is -7.07. The molecule has 5 amide bonds. The summed E-state index contributed by atoms with van der Waals surface area (Å²) < 4.78 is 23.9. The zero-order valence-corrected chi connectivity index (χ0v) is 45.4. The molecule has 4 N–H and O–H groups in total. The normalized spacial score (nSPS) is 23.0. The van der Waals surface area contributed by atoms with Gasteiger partial charge in [-0.05, 0) is 118 Å². The van der Waals surface area contributed by atoms with E-state index in [0.29, 0.717) is 76.2 Å². The number of amides is 5. The Bertz CT molecular complexity index is 3310. The van der Waals surface area contributed by atoms with Gasteiger partial charge in [0, 0.05) is 98.7 Å². The van der Waals surface area contributed by atoms with Crippen LogP contribution in [0.1, 0.15) is 108 Å². The number of likely N-dealkylation sites (tertiary alicyclic amines) is 1. The number of aliphatic hydroxyl groups is 1. The predicted molar refractivity (Wildman–Crippen MR) is 287 cm³/mol. The summed E-state index contributed by atoms with van der Waals surface area (Å²) in [6, 6.07) is 14.1. The number of phosphoric ester groups is 1. The van der Waals surface area contributed by atoms with Gasteiger partial charge in [0.25, 0.3) is 23.6 Å². The standard InChI is InChI=1S/C55H64N11O11P/c1-31-21-36(14-16-61(31)37-7-9-40-41(24-37)52(70)66(51(40)69)44-10-12-48(68)65(54(44)72)33(3)77-78(73,74)75)60-17-18-62(32(2)29-60)38-8-11-47(57-28-38)59-43-22-35(27-58-50(43)76-6)39-13-15-56-49(42(39)30-67)64-20-19-63-45(53(64)71)23-34-25-55(4,5)26-46(34)63/h7-9,11,13,15,22-24,27-28,31-33,36,44,67H,10,12,14,16-21,25-26,29-30H2,1-6H3,(H,57,59)(H2,73,74,75)/t31-,32-,33?,36?,44?/m0/s1. The third-order valence-corrected chi connectivity index (χ3v) is 17.0. The first-order chi connectivity index (χ1) is 37.2. The summed E-state index contributed by atoms with van der Waals surface area (Å²) in [5.74, 6) is -1.77. The molecule has 0 radical (unpaired) electrons. The maximum atomic E-state index is 14.0. The van der Waals surface area contributed by atoms with Crippen LogP contribution in [0.2, 0.25) is 0 Å². The van der Waals surface area contributed by atoms with Gasteiger partial charge in [0.1, 0.15) is 35.3 Å². The average molecular weight is 1090 g/mol. The number of nitrogens with zero attached hydrogens (tertiary/aromatic N) is 10. The summed E-state index contributed by atoms with van der Waals surface area (Å²) in [4.78, 5) is 111. The maximum absolute atomic E-state index is 14.0. The van der Waals surface area contributed by atoms with E-state index in [-0.39, 0.29) is 54.0 Å². The fourth-order valence-corrected chi connectivity index (χ4v) is 13.3. The number of carbonyl (C=O) groups excluding carboxylic acids is 5. The van der Waals surface area contributed by atoms with Crippen molar-refractivity contribution in [2.45, 2.75) is 117 Å². The van der Waals surface area contributed by atoms with E-state index >= 15 is 0 Å². The van der Waals surface area contributed by atoms with Crippen molar-refractivity contribution in [3.8, 4) is 17.0 Å². The number of nitrogens with one attached hydrogen (secondary N) is 1. The largest absolute Gasteiger partial charge is 0.480 e. The fraction of sp³-hybridized carbons (Fsp3) is 0.455. The van der Waals surface area contributed by atoms with Crippen molar-refractivity contribution in [3.05, 3.63) is 101 Å². The van der Waals surface area contributed by atoms with Gasteiger partial charge in [0.2, 0.25) is 11.8 Å². The Morgan fingerprint density at radius 1 is 0.821 bits per heavy atom. The number of phosphoric acid groups is 1. The average Bonchev–Trinajstić information content (AvgIpc) is 4.23. The zero-order valence-electron chi connectivity index (χ0n) is 44.5. The number of methoxy groups -OCH3 is 1. The molecule has 410 valence electrons. The van der Waals surface area contributed by atoms with Crippen LogP contribution in [0.15, 0.2) is 67.1 Å². The molecule has 1 aliphatic carbocycles. The molecule has 23 heteroatoms. The van der Waals surface area contributed by atoms with Crippen molar-refractivity contribution in [1.29, 1.82) is 0 Å². The number of imide groups is 2. The van der Waals surface area contributed by atoms with Crippen molar-refractivity contribution < 1.29 is 52.7 Å². The van der Waals surface area contributed by atoms with Gasteiger partial charge < -0.3 is 39.3 Å². The highest BCUT2D eigenvalue weighted by atomic mass is 31.2. The molecule has 4 aromatic heterocycles. The topological polar surface area (TPSA) is 257 Å². The summed E-state index contributed by atoms with van der Waals surface area (Å²) in [7, 11) is -3.51. The van der Waals surface area contributed by atoms with Gasteiger partial charge in [-0.25, -0.2) is 19.5 Å². The number of rotatable bonds is 13. The zero-order chi connectivity index (χ0) is 55.1. The number of piperidine rings is 2. The lowest BCUT2D eigenvalue weighted by Gasteiger charge is -2.48. The first-order valence-corrected chi connectivity index (χ1v) is 28.0. The second-order valence-electron chi connectivity index (χ2n) is 22.1. The first-order valence-electron chi connectivity index (χ1n) is 26.5. The SMILES string of the molecule is COc1ncc(-c2ccnc(N3CCn4c(cc5c4CC(C)(C)C5)C3=O)c2CO)cc1Nc1ccc(N2CCN(C3CCN(c4ccc5c(c4)C(=O)N(C4CCC(=O)N(C(C)OP(=O)(O)O)C4=O)C5=O)[C@@H](C)C3)C[C@@H]2C)cn1. The maximum Gasteiger partial charge on any atom is 0.471 e. The fourth-order valence-electron chi connectivity index (χ4n) is 12.8. The van der Waals surface area contributed by atoms with Crippen LogP contribution in [0.4, 0.5) is 28.7 Å². The Morgan fingerprint density at radius 3 is 2.31 bits per heavy atom. The van der Waals surface area contributed by atoms with Gasteiger partial charge in [-0.3, -0.25) is 48.1 Å². The number of benzene rings is 1. The number of ether oxygens (including phenoxy) is 1. The van der Waals surface area contributed by atoms with Crippen LogP contribution in [0, 0.1) is 5.41 Å². The highest BCUT2D eigenvalue weighted by molar-refractivity contribution is 7.46. The van der Waals surface area contributed by atoms with Gasteiger partial charge in [-0.2, -0.15) is 0 Å². The molecular formula is C55H64N11O11P. The number of aliphatic hydroxyl groups excluding tert-OH is 1. The smallest absolute Gasteiger partial charge is 0.471 e. The predicted octanol–water partition coefficient (Wildman–Crippen LogP) is 5.51. The summed E-state index contributed by atoms with van der Waals surface area (Å²) >= 11 is 0. The van der Waals surface area contributed by atoms with Gasteiger partial charge in [-0.1, -0.05) is 13.8 Å². The minimum Gasteiger partial charge on any atom is -0.480 e. The second-order valence-corrected chi connectivity index (χ2v) is 23.3. The molecule has 3 unspecified atom stereocenters. The van der Waals surface area contributed by atoms with Crippen molar-refractivity contribution in [1.82, 2.24) is 34.2 Å². The molecule has 3 fully saturated rings. The Morgan fingerprint density at radius 2 is 1.59 bits per heavy atom. The van der Waals surface area contributed by atoms with Crippen LogP contribution in [-0.4, -0.2) is 149 Å². The first kappa shape index (κ1) is 53.0. The van der Waals surface area contributed by atoms with E-state index in [1.54, 1.807) is 36.5 Å². The number of anilines is 5. The minimum atomic E-state index is -5.07. The number of pyridine rings is 3. The van der Waals surface area contributed by atoms with Crippen molar-refractivity contribution in [3.63, 3.8) is 0 Å². The molecule has 22 nitrogen and oxygen atoms in total. The van der Waals surface area contributed by atoms with Crippen LogP contribution >= 0.6 is 7.82 Å². The van der Waals surface area contributed by atoms with E-state index in [9.17, 15) is 43.4 Å². The van der Waals surface area contributed by atoms with E-state index in [1.165, 1.54) is 11.3 Å². The molecule has 0 saturated carbocycles. The van der Waals surface area contributed by atoms with Gasteiger partial charge in [0.05, 0.1) is 36.7 Å². The van der Waals surface area contributed by atoms with Crippen LogP contribution in [0.25, 0.3) is 11.1 Å². The van der Waals surface area contributed by atoms with Gasteiger partial charge in [-0.15, -0.1) is 0 Å². The Labute approximate surface area is 451 Å². The van der Waals surface area contributed by atoms with E-state index in [2.05, 4.69) is 72.8 Å². The van der Waals surface area contributed by atoms with Crippen LogP contribution in [-0.2, 0) is 44.7 Å². The number of carbonyl (C=O) groups is 5. The van der Waals surface area contributed by atoms with Crippen LogP contribution < -0.4 is 24.8 Å². The lowest BCUT2D eigenvalue weighted by Crippen LogP contribution is -2.58. The molecule has 78 heavy (non-hydrogen) atoms. The van der Waals surface area contributed by atoms with Crippen molar-refractivity contribution >= 4 is 66.1 Å². The summed E-state index contributed by atoms with van der Waals surface area (Å²) in [6.45, 7) is 14.0. The summed E-state index contributed by atoms with van der Waals surface area (Å²) in [5.41, 5.74) is 7.86. The Kier molecular flexibility index (Phi) is 13.8. The molecule has 5 aromatic rings. The molecule has 1 aromatic carbocycles. The molecule has 5 atom stereocenters. The number of fused-ring (bicyclic) bond motifs is 4. The van der Waals surface area contributed by atoms with Gasteiger partial charge in [0.15, 0.2) is 0 Å². The lowest BCUT2D eigenvalue weighted by atomic mass is 9.90. The van der Waals surface area contributed by atoms with E-state index < -0.39 is 43.7 Å². The summed E-state index contributed by atoms with van der Waals surface area (Å²) in [6.07, 6.45) is 6.86. The number of hydrogen-bond acceptors (Lipinski definition) is 16. The highest BCUT2D eigenvalue weighted by Gasteiger charge is 2.49. The molecular weight excluding hydrogens is 1020 g/mol. The molecule has 9 heterocycles. The second kappa shape index (κ2) is 20.3. The number of piperazine rings is 1. The van der Waals surface area contributed by atoms with Crippen molar-refractivity contribution in [2.24, 2.45) is 5.41 Å². The third-order valence-electron chi connectivity index (χ3n) is 16.4. The van der Waals surface area contributed by atoms with E-state index in [4.69, 9.17) is 9.72 Å². The van der Waals surface area contributed by atoms with E-state index in [0.717, 1.165) is 68.5 Å². The third kappa shape index (κ3) is 9.61. The quantitative estimate of drug-likeness (QED) is 0.0838. The number of aromatic nitrogens is 4. The van der Waals surface area contributed by atoms with E-state index in [1.807, 2.05) is 36.5 Å². The van der Waals surface area contributed by atoms with Gasteiger partial charge >= 0.3 is 7.82 Å². The van der Waals surface area contributed by atoms with Crippen LogP contribution in [0.5, 0.6) is 5.88 Å². The summed E-state index contributed by atoms with van der Waals surface area (Å²) in [5, 5.41) is 14.2. The Balaban J connectivity index is 0.711. The van der Waals surface area contributed by atoms with Crippen molar-refractivity contribution in [2.75, 3.05) is 59.9 Å².